The number of methoxy groups -OCH3 is 1. The number of nitrogens with zero attached hydrogens (tertiary/aromatic N) is 2. The van der Waals surface area contributed by atoms with Crippen molar-refractivity contribution in [3.8, 4) is 5.75 Å². The van der Waals surface area contributed by atoms with Gasteiger partial charge in [0.1, 0.15) is 5.75 Å². The van der Waals surface area contributed by atoms with Crippen LogP contribution in [0.1, 0.15) is 36.1 Å². The summed E-state index contributed by atoms with van der Waals surface area (Å²) < 4.78 is 8.57. The molecule has 0 radical (unpaired) electrons. The van der Waals surface area contributed by atoms with Gasteiger partial charge in [-0.05, 0) is 55.5 Å². The summed E-state index contributed by atoms with van der Waals surface area (Å²) in [5.74, 6) is 0.606. The molecule has 6 heteroatoms. The van der Waals surface area contributed by atoms with E-state index < -0.39 is 0 Å². The monoisotopic (exact) mass is 453 g/mol. The van der Waals surface area contributed by atoms with Crippen LogP contribution in [0.2, 0.25) is 0 Å². The summed E-state index contributed by atoms with van der Waals surface area (Å²) in [6, 6.07) is 14.2. The van der Waals surface area contributed by atoms with Crippen molar-refractivity contribution < 1.29 is 9.53 Å². The molecule has 1 aliphatic carbocycles. The van der Waals surface area contributed by atoms with Crippen LogP contribution in [-0.4, -0.2) is 23.8 Å². The minimum absolute atomic E-state index is 0.0995. The molecule has 0 unspecified atom stereocenters. The molecular formula is C23H24BrN3O2. The first-order valence-electron chi connectivity index (χ1n) is 9.92. The van der Waals surface area contributed by atoms with Crippen LogP contribution in [0.4, 0.5) is 0 Å². The Hall–Kier alpha value is -2.60. The number of fused-ring (bicyclic) bond motifs is 3. The van der Waals surface area contributed by atoms with Crippen molar-refractivity contribution in [2.24, 2.45) is 5.10 Å². The first-order valence-corrected chi connectivity index (χ1v) is 10.7. The lowest BCUT2D eigenvalue weighted by Crippen LogP contribution is -2.20. The highest BCUT2D eigenvalue weighted by molar-refractivity contribution is 9.10. The number of halogens is 1. The predicted octanol–water partition coefficient (Wildman–Crippen LogP) is 4.83. The second-order valence-electron chi connectivity index (χ2n) is 7.23. The van der Waals surface area contributed by atoms with Crippen LogP contribution < -0.4 is 10.2 Å². The first kappa shape index (κ1) is 19.7. The molecule has 2 aromatic carbocycles. The summed E-state index contributed by atoms with van der Waals surface area (Å²) in [5, 5.41) is 5.44. The van der Waals surface area contributed by atoms with Crippen molar-refractivity contribution >= 4 is 39.0 Å². The molecule has 150 valence electrons. The van der Waals surface area contributed by atoms with Gasteiger partial charge in [-0.3, -0.25) is 4.79 Å². The number of aryl methyl sites for hydroxylation is 2. The fourth-order valence-corrected chi connectivity index (χ4v) is 4.47. The van der Waals surface area contributed by atoms with Gasteiger partial charge in [-0.15, -0.1) is 0 Å². The zero-order valence-corrected chi connectivity index (χ0v) is 18.0. The Morgan fingerprint density at radius 1 is 1.24 bits per heavy atom. The third kappa shape index (κ3) is 4.22. The van der Waals surface area contributed by atoms with E-state index in [1.165, 1.54) is 35.0 Å². The highest BCUT2D eigenvalue weighted by atomic mass is 79.9. The Labute approximate surface area is 178 Å². The number of hydrogen-bond donors (Lipinski definition) is 1. The van der Waals surface area contributed by atoms with Crippen molar-refractivity contribution in [2.75, 3.05) is 7.11 Å². The number of aromatic nitrogens is 1. The van der Waals surface area contributed by atoms with E-state index in [-0.39, 0.29) is 5.91 Å². The van der Waals surface area contributed by atoms with E-state index in [9.17, 15) is 4.79 Å². The minimum Gasteiger partial charge on any atom is -0.496 e. The number of carbonyl (C=O) groups excluding carboxylic acids is 1. The lowest BCUT2D eigenvalue weighted by Gasteiger charge is -2.15. The van der Waals surface area contributed by atoms with Gasteiger partial charge in [-0.25, -0.2) is 5.43 Å². The van der Waals surface area contributed by atoms with Crippen molar-refractivity contribution in [1.29, 1.82) is 0 Å². The maximum absolute atomic E-state index is 12.4. The van der Waals surface area contributed by atoms with Crippen LogP contribution >= 0.6 is 15.9 Å². The number of hydrogen-bond acceptors (Lipinski definition) is 3. The molecule has 1 aromatic heterocycles. The summed E-state index contributed by atoms with van der Waals surface area (Å²) in [6.07, 6.45) is 6.68. The summed E-state index contributed by atoms with van der Waals surface area (Å²) in [7, 11) is 1.61. The maximum Gasteiger partial charge on any atom is 0.241 e. The van der Waals surface area contributed by atoms with Gasteiger partial charge < -0.3 is 9.30 Å². The zero-order valence-electron chi connectivity index (χ0n) is 16.5. The Bertz CT molecular complexity index is 1070. The van der Waals surface area contributed by atoms with E-state index in [1.54, 1.807) is 13.3 Å². The van der Waals surface area contributed by atoms with Gasteiger partial charge in [-0.2, -0.15) is 5.10 Å². The standard InChI is InChI=1S/C23H24BrN3O2/c1-29-22-11-10-17(24)14-16(22)15-25-26-23(28)12-13-27-20-8-4-2-6-18(20)19-7-3-5-9-21(19)27/h2,4,6,8,10-11,14-15H,3,5,7,9,12-13H2,1H3,(H,26,28)/b25-15+. The number of ether oxygens (including phenoxy) is 1. The molecule has 1 aliphatic rings. The highest BCUT2D eigenvalue weighted by Gasteiger charge is 2.19. The number of carbonyl (C=O) groups is 1. The predicted molar refractivity (Wildman–Crippen MR) is 120 cm³/mol. The minimum atomic E-state index is -0.0995. The van der Waals surface area contributed by atoms with Crippen LogP contribution in [0.15, 0.2) is 52.0 Å². The molecule has 0 spiro atoms. The van der Waals surface area contributed by atoms with Gasteiger partial charge in [0.2, 0.25) is 5.91 Å². The van der Waals surface area contributed by atoms with Gasteiger partial charge in [0.05, 0.1) is 13.3 Å². The molecule has 29 heavy (non-hydrogen) atoms. The van der Waals surface area contributed by atoms with E-state index in [0.29, 0.717) is 18.7 Å². The van der Waals surface area contributed by atoms with Crippen LogP contribution in [0, 0.1) is 0 Å². The average Bonchev–Trinajstić information content (AvgIpc) is 3.06. The molecular weight excluding hydrogens is 430 g/mol. The molecule has 0 fully saturated rings. The highest BCUT2D eigenvalue weighted by Crippen LogP contribution is 2.32. The largest absolute Gasteiger partial charge is 0.496 e. The average molecular weight is 454 g/mol. The molecule has 0 saturated carbocycles. The SMILES string of the molecule is COc1ccc(Br)cc1/C=N/NC(=O)CCn1c2c(c3ccccc31)CCCC2. The van der Waals surface area contributed by atoms with Gasteiger partial charge >= 0.3 is 0 Å². The fraction of sp³-hybridized carbons (Fsp3) is 0.304. The van der Waals surface area contributed by atoms with E-state index in [1.807, 2.05) is 18.2 Å². The van der Waals surface area contributed by atoms with Gasteiger partial charge in [0.25, 0.3) is 0 Å². The Morgan fingerprint density at radius 2 is 2.07 bits per heavy atom. The second-order valence-corrected chi connectivity index (χ2v) is 8.15. The van der Waals surface area contributed by atoms with E-state index in [2.05, 4.69) is 55.3 Å². The molecule has 1 heterocycles. The molecule has 0 atom stereocenters. The molecule has 1 amide bonds. The molecule has 0 aliphatic heterocycles. The van der Waals surface area contributed by atoms with Crippen LogP contribution in [-0.2, 0) is 24.2 Å². The van der Waals surface area contributed by atoms with E-state index >= 15 is 0 Å². The topological polar surface area (TPSA) is 55.6 Å². The lowest BCUT2D eigenvalue weighted by atomic mass is 9.95. The Balaban J connectivity index is 1.44. The molecule has 4 rings (SSSR count). The molecule has 0 saturated heterocycles. The van der Waals surface area contributed by atoms with Crippen LogP contribution in [0.5, 0.6) is 5.75 Å². The summed E-state index contributed by atoms with van der Waals surface area (Å²) >= 11 is 3.44. The van der Waals surface area contributed by atoms with E-state index in [0.717, 1.165) is 22.9 Å². The maximum atomic E-state index is 12.4. The quantitative estimate of drug-likeness (QED) is 0.429. The summed E-state index contributed by atoms with van der Waals surface area (Å²) in [4.78, 5) is 12.4. The number of benzene rings is 2. The number of rotatable bonds is 6. The van der Waals surface area contributed by atoms with Crippen molar-refractivity contribution in [2.45, 2.75) is 38.6 Å². The fourth-order valence-electron chi connectivity index (χ4n) is 4.09. The van der Waals surface area contributed by atoms with Gasteiger partial charge in [-0.1, -0.05) is 34.1 Å². The smallest absolute Gasteiger partial charge is 0.241 e. The number of amides is 1. The normalized spacial score (nSPS) is 13.6. The summed E-state index contributed by atoms with van der Waals surface area (Å²) in [6.45, 7) is 0.664. The number of nitrogens with one attached hydrogen (secondary N) is 1. The first-order chi connectivity index (χ1) is 14.2. The zero-order chi connectivity index (χ0) is 20.2. The third-order valence-electron chi connectivity index (χ3n) is 5.43. The Kier molecular flexibility index (Phi) is 6.00. The van der Waals surface area contributed by atoms with Crippen LogP contribution in [0.25, 0.3) is 10.9 Å². The summed E-state index contributed by atoms with van der Waals surface area (Å²) in [5.41, 5.74) is 7.53. The lowest BCUT2D eigenvalue weighted by molar-refractivity contribution is -0.121. The molecule has 0 bridgehead atoms. The second kappa shape index (κ2) is 8.82. The third-order valence-corrected chi connectivity index (χ3v) is 5.92. The molecule has 1 N–H and O–H groups in total. The number of para-hydroxylation sites is 1. The van der Waals surface area contributed by atoms with Crippen LogP contribution in [0.3, 0.4) is 0 Å². The van der Waals surface area contributed by atoms with Crippen molar-refractivity contribution in [1.82, 2.24) is 9.99 Å². The van der Waals surface area contributed by atoms with E-state index in [4.69, 9.17) is 4.74 Å². The Morgan fingerprint density at radius 3 is 2.93 bits per heavy atom. The molecule has 5 nitrogen and oxygen atoms in total. The van der Waals surface area contributed by atoms with Crippen molar-refractivity contribution in [3.05, 3.63) is 63.8 Å². The number of hydrazone groups is 1. The van der Waals surface area contributed by atoms with Gasteiger partial charge in [0, 0.05) is 39.6 Å². The van der Waals surface area contributed by atoms with Gasteiger partial charge in [0.15, 0.2) is 0 Å². The van der Waals surface area contributed by atoms with Crippen molar-refractivity contribution in [3.63, 3.8) is 0 Å². The molecule has 3 aromatic rings.